The van der Waals surface area contributed by atoms with Gasteiger partial charge in [-0.25, -0.2) is 0 Å². The molecule has 1 rings (SSSR count). The summed E-state index contributed by atoms with van der Waals surface area (Å²) in [6.45, 7) is 5.08. The Labute approximate surface area is 104 Å². The van der Waals surface area contributed by atoms with Crippen molar-refractivity contribution in [2.75, 3.05) is 5.88 Å². The van der Waals surface area contributed by atoms with E-state index < -0.39 is 0 Å². The molecule has 1 nitrogen and oxygen atoms in total. The van der Waals surface area contributed by atoms with Crippen molar-refractivity contribution in [3.63, 3.8) is 0 Å². The van der Waals surface area contributed by atoms with Crippen molar-refractivity contribution in [2.45, 2.75) is 33.2 Å². The Hall–Kier alpha value is -0.820. The highest BCUT2D eigenvalue weighted by Gasteiger charge is 2.22. The highest BCUT2D eigenvalue weighted by Crippen LogP contribution is 2.25. The molecular weight excluding hydrogens is 218 g/mol. The Kier molecular flexibility index (Phi) is 5.54. The van der Waals surface area contributed by atoms with Gasteiger partial charge in [-0.3, -0.25) is 4.99 Å². The first-order valence-electron chi connectivity index (χ1n) is 5.87. The van der Waals surface area contributed by atoms with Gasteiger partial charge in [0.2, 0.25) is 0 Å². The van der Waals surface area contributed by atoms with Crippen molar-refractivity contribution in [3.8, 4) is 0 Å². The third-order valence-electron chi connectivity index (χ3n) is 3.16. The first-order valence-corrected chi connectivity index (χ1v) is 6.40. The second-order valence-electron chi connectivity index (χ2n) is 4.16. The predicted molar refractivity (Wildman–Crippen MR) is 72.4 cm³/mol. The molecule has 0 aliphatic rings. The lowest BCUT2D eigenvalue weighted by Gasteiger charge is -2.23. The number of aliphatic imine (C=N–C) groups is 1. The Morgan fingerprint density at radius 2 is 1.81 bits per heavy atom. The SMILES string of the molecule is CCC(C=NCc1ccccc1)(CC)CCl. The second-order valence-corrected chi connectivity index (χ2v) is 4.43. The summed E-state index contributed by atoms with van der Waals surface area (Å²) in [4.78, 5) is 4.52. The molecule has 0 heterocycles. The Morgan fingerprint density at radius 1 is 1.19 bits per heavy atom. The highest BCUT2D eigenvalue weighted by molar-refractivity contribution is 6.19. The molecule has 0 aliphatic carbocycles. The van der Waals surface area contributed by atoms with Crippen molar-refractivity contribution in [1.82, 2.24) is 0 Å². The quantitative estimate of drug-likeness (QED) is 0.517. The summed E-state index contributed by atoms with van der Waals surface area (Å²) in [5.74, 6) is 0.651. The molecule has 0 saturated heterocycles. The van der Waals surface area contributed by atoms with Gasteiger partial charge in [-0.2, -0.15) is 0 Å². The number of hydrogen-bond acceptors (Lipinski definition) is 1. The van der Waals surface area contributed by atoms with Gasteiger partial charge in [0.1, 0.15) is 0 Å². The molecule has 0 aliphatic heterocycles. The lowest BCUT2D eigenvalue weighted by molar-refractivity contribution is 0.449. The van der Waals surface area contributed by atoms with E-state index in [1.165, 1.54) is 5.56 Å². The first kappa shape index (κ1) is 13.2. The van der Waals surface area contributed by atoms with Crippen LogP contribution in [0, 0.1) is 5.41 Å². The second kappa shape index (κ2) is 6.70. The molecule has 88 valence electrons. The molecule has 1 aromatic carbocycles. The topological polar surface area (TPSA) is 12.4 Å². The van der Waals surface area contributed by atoms with E-state index in [9.17, 15) is 0 Å². The number of rotatable bonds is 6. The van der Waals surface area contributed by atoms with Crippen LogP contribution in [0.3, 0.4) is 0 Å². The van der Waals surface area contributed by atoms with Crippen molar-refractivity contribution in [1.29, 1.82) is 0 Å². The zero-order chi connectivity index (χ0) is 11.9. The normalized spacial score (nSPS) is 12.2. The standard InChI is InChI=1S/C14H20ClN/c1-3-14(4-2,11-15)12-16-10-13-8-6-5-7-9-13/h5-9,12H,3-4,10-11H2,1-2H3. The number of nitrogens with zero attached hydrogens (tertiary/aromatic N) is 1. The summed E-state index contributed by atoms with van der Waals surface area (Å²) >= 11 is 6.02. The van der Waals surface area contributed by atoms with Gasteiger partial charge in [-0.15, -0.1) is 11.6 Å². The van der Waals surface area contributed by atoms with E-state index in [-0.39, 0.29) is 5.41 Å². The fourth-order valence-corrected chi connectivity index (χ4v) is 2.03. The maximum Gasteiger partial charge on any atom is 0.0636 e. The van der Waals surface area contributed by atoms with Crippen LogP contribution in [0.15, 0.2) is 35.3 Å². The van der Waals surface area contributed by atoms with E-state index in [0.29, 0.717) is 5.88 Å². The molecule has 2 heteroatoms. The average molecular weight is 238 g/mol. The largest absolute Gasteiger partial charge is 0.292 e. The molecule has 0 aromatic heterocycles. The van der Waals surface area contributed by atoms with Crippen molar-refractivity contribution in [2.24, 2.45) is 10.4 Å². The number of halogens is 1. The molecule has 0 N–H and O–H groups in total. The van der Waals surface area contributed by atoms with Gasteiger partial charge < -0.3 is 0 Å². The minimum absolute atomic E-state index is 0.0797. The highest BCUT2D eigenvalue weighted by atomic mass is 35.5. The Balaban J connectivity index is 2.59. The van der Waals surface area contributed by atoms with Crippen LogP contribution in [0.2, 0.25) is 0 Å². The average Bonchev–Trinajstić information content (AvgIpc) is 2.37. The third-order valence-corrected chi connectivity index (χ3v) is 3.69. The molecular formula is C14H20ClN. The van der Waals surface area contributed by atoms with Gasteiger partial charge in [-0.1, -0.05) is 44.2 Å². The lowest BCUT2D eigenvalue weighted by atomic mass is 9.86. The van der Waals surface area contributed by atoms with Crippen LogP contribution in [-0.2, 0) is 6.54 Å². The summed E-state index contributed by atoms with van der Waals surface area (Å²) in [7, 11) is 0. The van der Waals surface area contributed by atoms with E-state index >= 15 is 0 Å². The molecule has 0 amide bonds. The maximum atomic E-state index is 6.02. The van der Waals surface area contributed by atoms with Crippen LogP contribution in [0.4, 0.5) is 0 Å². The van der Waals surface area contributed by atoms with E-state index in [0.717, 1.165) is 19.4 Å². The van der Waals surface area contributed by atoms with Crippen LogP contribution < -0.4 is 0 Å². The molecule has 0 spiro atoms. The van der Waals surface area contributed by atoms with Gasteiger partial charge in [0.15, 0.2) is 0 Å². The van der Waals surface area contributed by atoms with Crippen LogP contribution in [0.25, 0.3) is 0 Å². The minimum Gasteiger partial charge on any atom is -0.292 e. The molecule has 0 atom stereocenters. The molecule has 1 aromatic rings. The number of benzene rings is 1. The zero-order valence-electron chi connectivity index (χ0n) is 10.1. The first-order chi connectivity index (χ1) is 7.76. The van der Waals surface area contributed by atoms with Crippen LogP contribution in [-0.4, -0.2) is 12.1 Å². The summed E-state index contributed by atoms with van der Waals surface area (Å²) < 4.78 is 0. The molecule has 0 radical (unpaired) electrons. The lowest BCUT2D eigenvalue weighted by Crippen LogP contribution is -2.22. The Morgan fingerprint density at radius 3 is 2.31 bits per heavy atom. The van der Waals surface area contributed by atoms with Gasteiger partial charge in [0.25, 0.3) is 0 Å². The number of alkyl halides is 1. The summed E-state index contributed by atoms with van der Waals surface area (Å²) in [6, 6.07) is 10.3. The van der Waals surface area contributed by atoms with E-state index in [1.54, 1.807) is 0 Å². The van der Waals surface area contributed by atoms with Crippen molar-refractivity contribution in [3.05, 3.63) is 35.9 Å². The van der Waals surface area contributed by atoms with Gasteiger partial charge in [0, 0.05) is 17.5 Å². The fraction of sp³-hybridized carbons (Fsp3) is 0.500. The van der Waals surface area contributed by atoms with Crippen molar-refractivity contribution < 1.29 is 0 Å². The van der Waals surface area contributed by atoms with Crippen molar-refractivity contribution >= 4 is 17.8 Å². The molecule has 0 fully saturated rings. The van der Waals surface area contributed by atoms with Gasteiger partial charge in [-0.05, 0) is 18.4 Å². The van der Waals surface area contributed by atoms with Gasteiger partial charge in [0.05, 0.1) is 6.54 Å². The monoisotopic (exact) mass is 237 g/mol. The predicted octanol–water partition coefficient (Wildman–Crippen LogP) is 4.30. The summed E-state index contributed by atoms with van der Waals surface area (Å²) in [5, 5.41) is 0. The zero-order valence-corrected chi connectivity index (χ0v) is 10.9. The molecule has 16 heavy (non-hydrogen) atoms. The fourth-order valence-electron chi connectivity index (χ4n) is 1.58. The van der Waals surface area contributed by atoms with Crippen LogP contribution in [0.5, 0.6) is 0 Å². The smallest absolute Gasteiger partial charge is 0.0636 e. The molecule has 0 unspecified atom stereocenters. The van der Waals surface area contributed by atoms with E-state index in [2.05, 4.69) is 31.0 Å². The van der Waals surface area contributed by atoms with E-state index in [1.807, 2.05) is 24.4 Å². The minimum atomic E-state index is 0.0797. The third kappa shape index (κ3) is 3.64. The van der Waals surface area contributed by atoms with Gasteiger partial charge >= 0.3 is 0 Å². The van der Waals surface area contributed by atoms with Crippen LogP contribution in [0.1, 0.15) is 32.3 Å². The molecule has 0 bridgehead atoms. The number of hydrogen-bond donors (Lipinski definition) is 0. The molecule has 0 saturated carbocycles. The summed E-state index contributed by atoms with van der Waals surface area (Å²) in [5.41, 5.74) is 1.32. The van der Waals surface area contributed by atoms with Crippen LogP contribution >= 0.6 is 11.6 Å². The van der Waals surface area contributed by atoms with E-state index in [4.69, 9.17) is 11.6 Å². The summed E-state index contributed by atoms with van der Waals surface area (Å²) in [6.07, 6.45) is 4.14. The Bertz CT molecular complexity index is 307. The maximum absolute atomic E-state index is 6.02.